The standard InChI is InChI=1S/C3H3BO/c4-2-1-3-5/h1-3H. The van der Waals surface area contributed by atoms with Gasteiger partial charge in [-0.2, -0.15) is 0 Å². The second-order valence-electron chi connectivity index (χ2n) is 0.521. The van der Waals surface area contributed by atoms with Gasteiger partial charge in [0.25, 0.3) is 0 Å². The number of hydrogen-bond acceptors (Lipinski definition) is 1. The predicted octanol–water partition coefficient (Wildman–Crippen LogP) is -0.133. The molecule has 0 amide bonds. The molecule has 0 spiro atoms. The van der Waals surface area contributed by atoms with E-state index in [4.69, 9.17) is 7.85 Å². The molecule has 5 heavy (non-hydrogen) atoms. The third-order valence-electron chi connectivity index (χ3n) is 0.190. The van der Waals surface area contributed by atoms with Crippen LogP contribution >= 0.6 is 0 Å². The lowest BCUT2D eigenvalue weighted by atomic mass is 10.1. The quantitative estimate of drug-likeness (QED) is 0.236. The fraction of sp³-hybridized carbons (Fsp3) is 0. The van der Waals surface area contributed by atoms with E-state index in [1.54, 1.807) is 0 Å². The van der Waals surface area contributed by atoms with Crippen molar-refractivity contribution in [2.45, 2.75) is 0 Å². The van der Waals surface area contributed by atoms with Crippen molar-refractivity contribution >= 4 is 14.1 Å². The molecule has 2 heteroatoms. The molecule has 2 radical (unpaired) electrons. The molecule has 0 fully saturated rings. The van der Waals surface area contributed by atoms with Crippen molar-refractivity contribution in [2.75, 3.05) is 0 Å². The molecule has 0 aromatic carbocycles. The summed E-state index contributed by atoms with van der Waals surface area (Å²) in [6.45, 7) is 0. The van der Waals surface area contributed by atoms with Gasteiger partial charge in [-0.1, -0.05) is 0 Å². The molecular formula is C3H3BO. The average molecular weight is 65.9 g/mol. The highest BCUT2D eigenvalue weighted by Crippen LogP contribution is 1.48. The molecule has 0 aliphatic heterocycles. The van der Waals surface area contributed by atoms with Crippen molar-refractivity contribution in [2.24, 2.45) is 0 Å². The maximum atomic E-state index is 9.24. The number of aldehydes is 1. The number of allylic oxidation sites excluding steroid dienone is 1. The van der Waals surface area contributed by atoms with Gasteiger partial charge in [-0.15, -0.1) is 5.98 Å². The first-order valence-corrected chi connectivity index (χ1v) is 1.24. The van der Waals surface area contributed by atoms with Gasteiger partial charge in [-0.05, 0) is 6.08 Å². The Morgan fingerprint density at radius 3 is 2.20 bits per heavy atom. The third-order valence-corrected chi connectivity index (χ3v) is 0.190. The molecule has 0 saturated heterocycles. The fourth-order valence-corrected chi connectivity index (χ4v) is 0.0454. The summed E-state index contributed by atoms with van der Waals surface area (Å²) in [5, 5.41) is 0. The van der Waals surface area contributed by atoms with Crippen molar-refractivity contribution in [3.8, 4) is 0 Å². The van der Waals surface area contributed by atoms with Gasteiger partial charge in [0.2, 0.25) is 0 Å². The maximum absolute atomic E-state index is 9.24. The zero-order chi connectivity index (χ0) is 4.12. The van der Waals surface area contributed by atoms with E-state index < -0.39 is 0 Å². The molecule has 0 heterocycles. The Morgan fingerprint density at radius 2 is 2.20 bits per heavy atom. The van der Waals surface area contributed by atoms with Gasteiger partial charge in [0.1, 0.15) is 14.1 Å². The first-order valence-electron chi connectivity index (χ1n) is 1.24. The summed E-state index contributed by atoms with van der Waals surface area (Å²) in [4.78, 5) is 9.24. The van der Waals surface area contributed by atoms with E-state index in [2.05, 4.69) is 0 Å². The molecule has 0 aliphatic carbocycles. The normalized spacial score (nSPS) is 8.80. The Balaban J connectivity index is 2.92. The van der Waals surface area contributed by atoms with Crippen LogP contribution in [0.25, 0.3) is 0 Å². The molecule has 0 unspecified atom stereocenters. The Kier molecular flexibility index (Phi) is 3.11. The van der Waals surface area contributed by atoms with Crippen LogP contribution in [-0.4, -0.2) is 14.1 Å². The van der Waals surface area contributed by atoms with Crippen molar-refractivity contribution < 1.29 is 4.79 Å². The number of carbonyl (C=O) groups excluding carboxylic acids is 1. The van der Waals surface area contributed by atoms with Gasteiger partial charge < -0.3 is 0 Å². The van der Waals surface area contributed by atoms with E-state index in [1.165, 1.54) is 12.1 Å². The first kappa shape index (κ1) is 4.47. The number of hydrogen-bond donors (Lipinski definition) is 0. The van der Waals surface area contributed by atoms with E-state index in [1.807, 2.05) is 0 Å². The van der Waals surface area contributed by atoms with Crippen molar-refractivity contribution in [3.05, 3.63) is 12.1 Å². The molecule has 24 valence electrons. The molecule has 0 rings (SSSR count). The SMILES string of the molecule is [B]C=CC=O. The van der Waals surface area contributed by atoms with Crippen LogP contribution in [0.4, 0.5) is 0 Å². The van der Waals surface area contributed by atoms with Crippen LogP contribution in [0, 0.1) is 0 Å². The largest absolute Gasteiger partial charge is 0.299 e. The number of rotatable bonds is 1. The van der Waals surface area contributed by atoms with Gasteiger partial charge >= 0.3 is 0 Å². The molecule has 0 aromatic rings. The minimum Gasteiger partial charge on any atom is -0.299 e. The minimum absolute atomic E-state index is 0.625. The van der Waals surface area contributed by atoms with Crippen LogP contribution in [0.2, 0.25) is 0 Å². The molecule has 0 aliphatic rings. The zero-order valence-electron chi connectivity index (χ0n) is 2.72. The van der Waals surface area contributed by atoms with E-state index in [-0.39, 0.29) is 0 Å². The number of carbonyl (C=O) groups is 1. The van der Waals surface area contributed by atoms with Crippen molar-refractivity contribution in [1.82, 2.24) is 0 Å². The summed E-state index contributed by atoms with van der Waals surface area (Å²) in [5.41, 5.74) is 0. The second kappa shape index (κ2) is 3.47. The molecule has 0 saturated carbocycles. The highest BCUT2D eigenvalue weighted by atomic mass is 16.1. The topological polar surface area (TPSA) is 17.1 Å². The summed E-state index contributed by atoms with van der Waals surface area (Å²) in [6, 6.07) is 0. The van der Waals surface area contributed by atoms with Crippen LogP contribution in [0.5, 0.6) is 0 Å². The molecule has 0 N–H and O–H groups in total. The summed E-state index contributed by atoms with van der Waals surface area (Å²) in [6.07, 6.45) is 1.85. The summed E-state index contributed by atoms with van der Waals surface area (Å²) in [7, 11) is 4.73. The highest BCUT2D eigenvalue weighted by molar-refractivity contribution is 6.18. The Bertz CT molecular complexity index is 48.9. The molecule has 0 aromatic heterocycles. The lowest BCUT2D eigenvalue weighted by Crippen LogP contribution is -1.54. The van der Waals surface area contributed by atoms with Gasteiger partial charge in [-0.25, -0.2) is 0 Å². The summed E-state index contributed by atoms with van der Waals surface area (Å²) >= 11 is 0. The highest BCUT2D eigenvalue weighted by Gasteiger charge is 1.48. The summed E-state index contributed by atoms with van der Waals surface area (Å²) in [5.74, 6) is 1.19. The minimum atomic E-state index is 0.625. The van der Waals surface area contributed by atoms with Crippen LogP contribution in [0.1, 0.15) is 0 Å². The summed E-state index contributed by atoms with van der Waals surface area (Å²) < 4.78 is 0. The van der Waals surface area contributed by atoms with Crippen molar-refractivity contribution in [3.63, 3.8) is 0 Å². The third kappa shape index (κ3) is 3.47. The zero-order valence-corrected chi connectivity index (χ0v) is 2.72. The van der Waals surface area contributed by atoms with Crippen LogP contribution < -0.4 is 0 Å². The van der Waals surface area contributed by atoms with Crippen LogP contribution in [-0.2, 0) is 4.79 Å². The van der Waals surface area contributed by atoms with Crippen LogP contribution in [0.15, 0.2) is 12.1 Å². The van der Waals surface area contributed by atoms with Crippen LogP contribution in [0.3, 0.4) is 0 Å². The van der Waals surface area contributed by atoms with Gasteiger partial charge in [0, 0.05) is 0 Å². The predicted molar refractivity (Wildman–Crippen MR) is 21.0 cm³/mol. The van der Waals surface area contributed by atoms with Gasteiger partial charge in [0.15, 0.2) is 0 Å². The van der Waals surface area contributed by atoms with Gasteiger partial charge in [0.05, 0.1) is 0 Å². The van der Waals surface area contributed by atoms with E-state index in [9.17, 15) is 4.79 Å². The van der Waals surface area contributed by atoms with Gasteiger partial charge in [-0.3, -0.25) is 4.79 Å². The monoisotopic (exact) mass is 66.0 g/mol. The lowest BCUT2D eigenvalue weighted by molar-refractivity contribution is -0.104. The first-order chi connectivity index (χ1) is 2.41. The van der Waals surface area contributed by atoms with Crippen molar-refractivity contribution in [1.29, 1.82) is 0 Å². The van der Waals surface area contributed by atoms with E-state index in [0.29, 0.717) is 6.29 Å². The molecule has 1 nitrogen and oxygen atoms in total. The fourth-order valence-electron chi connectivity index (χ4n) is 0.0454. The molecular weight excluding hydrogens is 62.8 g/mol. The Morgan fingerprint density at radius 1 is 1.60 bits per heavy atom. The Labute approximate surface area is 32.1 Å². The molecule has 0 atom stereocenters. The van der Waals surface area contributed by atoms with E-state index in [0.717, 1.165) is 0 Å². The maximum Gasteiger partial charge on any atom is 0.141 e. The Hall–Kier alpha value is -0.525. The second-order valence-corrected chi connectivity index (χ2v) is 0.521. The van der Waals surface area contributed by atoms with E-state index >= 15 is 0 Å². The smallest absolute Gasteiger partial charge is 0.141 e. The average Bonchev–Trinajstić information content (AvgIpc) is 1.41. The molecule has 0 bridgehead atoms. The lowest BCUT2D eigenvalue weighted by Gasteiger charge is -1.51.